The van der Waals surface area contributed by atoms with Gasteiger partial charge in [-0.25, -0.2) is 4.98 Å². The lowest BCUT2D eigenvalue weighted by Gasteiger charge is -2.29. The van der Waals surface area contributed by atoms with Crippen molar-refractivity contribution in [2.75, 3.05) is 13.6 Å². The Hall–Kier alpha value is -1.43. The normalized spacial score (nSPS) is 25.1. The van der Waals surface area contributed by atoms with Crippen LogP contribution in [0.2, 0.25) is 0 Å². The quantitative estimate of drug-likeness (QED) is 0.919. The zero-order valence-electron chi connectivity index (χ0n) is 11.6. The lowest BCUT2D eigenvalue weighted by Crippen LogP contribution is -2.46. The van der Waals surface area contributed by atoms with Crippen LogP contribution in [0.1, 0.15) is 37.1 Å². The number of hydrogen-bond acceptors (Lipinski definition) is 4. The highest BCUT2D eigenvalue weighted by molar-refractivity contribution is 7.09. The molecule has 108 valence electrons. The van der Waals surface area contributed by atoms with Gasteiger partial charge in [0.25, 0.3) is 0 Å². The van der Waals surface area contributed by atoms with Crippen molar-refractivity contribution in [1.29, 1.82) is 0 Å². The van der Waals surface area contributed by atoms with E-state index in [1.807, 2.05) is 5.38 Å². The molecule has 0 aromatic carbocycles. The van der Waals surface area contributed by atoms with Crippen LogP contribution in [0, 0.1) is 5.92 Å². The minimum Gasteiger partial charge on any atom is -0.345 e. The highest BCUT2D eigenvalue weighted by atomic mass is 32.1. The molecule has 1 unspecified atom stereocenters. The van der Waals surface area contributed by atoms with E-state index < -0.39 is 0 Å². The number of nitrogens with one attached hydrogen (secondary N) is 1. The van der Waals surface area contributed by atoms with Crippen LogP contribution in [0.3, 0.4) is 0 Å². The lowest BCUT2D eigenvalue weighted by atomic mass is 9.96. The second kappa shape index (κ2) is 5.16. The molecule has 1 aromatic heterocycles. The topological polar surface area (TPSA) is 62.3 Å². The van der Waals surface area contributed by atoms with Crippen molar-refractivity contribution >= 4 is 23.2 Å². The van der Waals surface area contributed by atoms with Crippen LogP contribution in [0.4, 0.5) is 0 Å². The van der Waals surface area contributed by atoms with Crippen LogP contribution in [0.15, 0.2) is 11.6 Å². The van der Waals surface area contributed by atoms with Crippen molar-refractivity contribution in [2.45, 2.75) is 37.6 Å². The van der Waals surface area contributed by atoms with Gasteiger partial charge in [0.2, 0.25) is 11.8 Å². The molecule has 1 aromatic rings. The fourth-order valence-corrected chi connectivity index (χ4v) is 4.06. The van der Waals surface area contributed by atoms with E-state index in [1.165, 1.54) is 0 Å². The van der Waals surface area contributed by atoms with Crippen molar-refractivity contribution in [3.8, 4) is 0 Å². The first kappa shape index (κ1) is 13.5. The van der Waals surface area contributed by atoms with Crippen molar-refractivity contribution in [2.24, 2.45) is 5.92 Å². The molecule has 6 heteroatoms. The summed E-state index contributed by atoms with van der Waals surface area (Å²) in [7, 11) is 1.75. The van der Waals surface area contributed by atoms with Gasteiger partial charge in [0.05, 0.1) is 11.5 Å². The monoisotopic (exact) mass is 293 g/mol. The smallest absolute Gasteiger partial charge is 0.226 e. The fourth-order valence-electron chi connectivity index (χ4n) is 3.21. The second-order valence-electron chi connectivity index (χ2n) is 5.79. The maximum absolute atomic E-state index is 12.5. The Bertz CT molecular complexity index is 508. The third-order valence-corrected chi connectivity index (χ3v) is 5.35. The van der Waals surface area contributed by atoms with Crippen LogP contribution in [-0.4, -0.2) is 35.3 Å². The summed E-state index contributed by atoms with van der Waals surface area (Å²) >= 11 is 1.60. The molecule has 1 aliphatic carbocycles. The van der Waals surface area contributed by atoms with E-state index in [1.54, 1.807) is 29.5 Å². The van der Waals surface area contributed by atoms with E-state index in [2.05, 4.69) is 10.3 Å². The second-order valence-corrected chi connectivity index (χ2v) is 6.69. The van der Waals surface area contributed by atoms with E-state index in [0.29, 0.717) is 13.0 Å². The molecule has 2 amide bonds. The molecule has 1 saturated carbocycles. The summed E-state index contributed by atoms with van der Waals surface area (Å²) < 4.78 is 0. The summed E-state index contributed by atoms with van der Waals surface area (Å²) in [5.41, 5.74) is -0.296. The van der Waals surface area contributed by atoms with Gasteiger partial charge in [0.15, 0.2) is 0 Å². The summed E-state index contributed by atoms with van der Waals surface area (Å²) in [5.74, 6) is -0.162. The molecule has 1 N–H and O–H groups in total. The molecule has 0 bridgehead atoms. The van der Waals surface area contributed by atoms with Gasteiger partial charge in [-0.05, 0) is 12.8 Å². The van der Waals surface area contributed by atoms with Crippen LogP contribution in [0.5, 0.6) is 0 Å². The third kappa shape index (κ3) is 2.32. The molecule has 20 heavy (non-hydrogen) atoms. The van der Waals surface area contributed by atoms with Gasteiger partial charge in [0.1, 0.15) is 5.01 Å². The third-order valence-electron chi connectivity index (χ3n) is 4.37. The van der Waals surface area contributed by atoms with Gasteiger partial charge >= 0.3 is 0 Å². The molecule has 1 aliphatic heterocycles. The Morgan fingerprint density at radius 1 is 1.50 bits per heavy atom. The molecule has 3 rings (SSSR count). The van der Waals surface area contributed by atoms with Crippen LogP contribution >= 0.6 is 11.3 Å². The van der Waals surface area contributed by atoms with Crippen molar-refractivity contribution < 1.29 is 9.59 Å². The number of rotatable bonds is 3. The van der Waals surface area contributed by atoms with Gasteiger partial charge < -0.3 is 10.2 Å². The first-order valence-corrected chi connectivity index (χ1v) is 7.95. The fraction of sp³-hybridized carbons (Fsp3) is 0.643. The van der Waals surface area contributed by atoms with Gasteiger partial charge in [0, 0.05) is 31.6 Å². The molecular weight excluding hydrogens is 274 g/mol. The van der Waals surface area contributed by atoms with Crippen LogP contribution < -0.4 is 5.32 Å². The Morgan fingerprint density at radius 2 is 2.25 bits per heavy atom. The summed E-state index contributed by atoms with van der Waals surface area (Å²) in [4.78, 5) is 30.1. The molecule has 5 nitrogen and oxygen atoms in total. The number of hydrogen-bond donors (Lipinski definition) is 1. The number of carbonyl (C=O) groups excluding carboxylic acids is 2. The largest absolute Gasteiger partial charge is 0.345 e. The Balaban J connectivity index is 1.75. The van der Waals surface area contributed by atoms with E-state index in [-0.39, 0.29) is 23.3 Å². The summed E-state index contributed by atoms with van der Waals surface area (Å²) in [6.45, 7) is 0.526. The number of nitrogens with zero attached hydrogens (tertiary/aromatic N) is 2. The number of thiazole rings is 1. The highest BCUT2D eigenvalue weighted by Crippen LogP contribution is 2.40. The first-order valence-electron chi connectivity index (χ1n) is 7.07. The molecule has 0 spiro atoms. The van der Waals surface area contributed by atoms with Crippen LogP contribution in [0.25, 0.3) is 0 Å². The number of likely N-dealkylation sites (tertiary alicyclic amines) is 1. The first-order chi connectivity index (χ1) is 9.61. The van der Waals surface area contributed by atoms with Crippen molar-refractivity contribution in [1.82, 2.24) is 15.2 Å². The molecule has 2 fully saturated rings. The predicted octanol–water partition coefficient (Wildman–Crippen LogP) is 1.51. The predicted molar refractivity (Wildman–Crippen MR) is 76.1 cm³/mol. The molecule has 2 heterocycles. The van der Waals surface area contributed by atoms with Gasteiger partial charge in [-0.15, -0.1) is 11.3 Å². The minimum absolute atomic E-state index is 0.000185. The summed E-state index contributed by atoms with van der Waals surface area (Å²) in [6.07, 6.45) is 6.24. The van der Waals surface area contributed by atoms with E-state index >= 15 is 0 Å². The number of amides is 2. The van der Waals surface area contributed by atoms with E-state index in [9.17, 15) is 9.59 Å². The Labute approximate surface area is 122 Å². The maximum atomic E-state index is 12.5. The van der Waals surface area contributed by atoms with E-state index in [0.717, 1.165) is 30.7 Å². The number of aromatic nitrogens is 1. The Kier molecular flexibility index (Phi) is 3.50. The average Bonchev–Trinajstić information content (AvgIpc) is 3.12. The minimum atomic E-state index is -0.296. The van der Waals surface area contributed by atoms with Crippen LogP contribution in [-0.2, 0) is 15.1 Å². The molecular formula is C14H19N3O2S. The summed E-state index contributed by atoms with van der Waals surface area (Å²) in [5, 5.41) is 6.16. The van der Waals surface area contributed by atoms with Gasteiger partial charge in [-0.3, -0.25) is 9.59 Å². The lowest BCUT2D eigenvalue weighted by molar-refractivity contribution is -0.129. The van der Waals surface area contributed by atoms with Gasteiger partial charge in [-0.1, -0.05) is 12.8 Å². The Morgan fingerprint density at radius 3 is 2.80 bits per heavy atom. The maximum Gasteiger partial charge on any atom is 0.226 e. The molecule has 1 saturated heterocycles. The molecule has 2 aliphatic rings. The summed E-state index contributed by atoms with van der Waals surface area (Å²) in [6, 6.07) is 0. The zero-order valence-corrected chi connectivity index (χ0v) is 12.4. The van der Waals surface area contributed by atoms with Crippen molar-refractivity contribution in [3.05, 3.63) is 16.6 Å². The molecule has 1 atom stereocenters. The SMILES string of the molecule is CN1CC(C(=O)NC2(c3nccs3)CCCC2)CC1=O. The molecule has 0 radical (unpaired) electrons. The standard InChI is InChI=1S/C14H19N3O2S/c1-17-9-10(8-11(17)18)12(19)16-14(4-2-3-5-14)13-15-6-7-20-13/h6-7,10H,2-5,8-9H2,1H3,(H,16,19). The number of carbonyl (C=O) groups is 2. The highest BCUT2D eigenvalue weighted by Gasteiger charge is 2.42. The average molecular weight is 293 g/mol. The van der Waals surface area contributed by atoms with Crippen molar-refractivity contribution in [3.63, 3.8) is 0 Å². The zero-order chi connectivity index (χ0) is 14.2. The van der Waals surface area contributed by atoms with E-state index in [4.69, 9.17) is 0 Å². The van der Waals surface area contributed by atoms with Gasteiger partial charge in [-0.2, -0.15) is 0 Å².